The zero-order valence-corrected chi connectivity index (χ0v) is 14.3. The number of sulfone groups is 1. The van der Waals surface area contributed by atoms with Crippen molar-refractivity contribution in [1.82, 2.24) is 10.2 Å². The smallest absolute Gasteiger partial charge is 0.287 e. The minimum absolute atomic E-state index is 0.0151. The Morgan fingerprint density at radius 3 is 2.65 bits per heavy atom. The third-order valence-corrected chi connectivity index (χ3v) is 6.45. The fourth-order valence-corrected chi connectivity index (χ4v) is 5.46. The van der Waals surface area contributed by atoms with Crippen molar-refractivity contribution in [1.29, 1.82) is 0 Å². The largest absolute Gasteiger partial charge is 0.456 e. The maximum Gasteiger partial charge on any atom is 0.287 e. The minimum atomic E-state index is -3.11. The predicted octanol–water partition coefficient (Wildman–Crippen LogP) is 1.22. The number of furan rings is 1. The van der Waals surface area contributed by atoms with E-state index >= 15 is 0 Å². The van der Waals surface area contributed by atoms with Gasteiger partial charge < -0.3 is 9.73 Å². The molecule has 2 aliphatic heterocycles. The van der Waals surface area contributed by atoms with E-state index in [1.807, 2.05) is 6.92 Å². The van der Waals surface area contributed by atoms with E-state index in [4.69, 9.17) is 4.42 Å². The molecule has 1 aromatic rings. The molecule has 0 bridgehead atoms. The zero-order valence-electron chi connectivity index (χ0n) is 13.5. The van der Waals surface area contributed by atoms with Gasteiger partial charge in [0, 0.05) is 12.5 Å². The van der Waals surface area contributed by atoms with Gasteiger partial charge in [0.25, 0.3) is 5.91 Å². The summed E-state index contributed by atoms with van der Waals surface area (Å²) in [6.45, 7) is 3.77. The Morgan fingerprint density at radius 2 is 2.00 bits per heavy atom. The van der Waals surface area contributed by atoms with Gasteiger partial charge in [0.05, 0.1) is 17.5 Å². The number of rotatable bonds is 4. The summed E-state index contributed by atoms with van der Waals surface area (Å²) in [6, 6.07) is 2.95. The van der Waals surface area contributed by atoms with Crippen molar-refractivity contribution in [2.45, 2.75) is 44.7 Å². The minimum Gasteiger partial charge on any atom is -0.456 e. The first-order valence-corrected chi connectivity index (χ1v) is 10.1. The van der Waals surface area contributed by atoms with Gasteiger partial charge in [-0.05, 0) is 38.1 Å². The average molecular weight is 340 g/mol. The second-order valence-electron chi connectivity index (χ2n) is 6.44. The lowest BCUT2D eigenvalue weighted by atomic mass is 10.0. The summed E-state index contributed by atoms with van der Waals surface area (Å²) >= 11 is 0. The van der Waals surface area contributed by atoms with Crippen molar-refractivity contribution in [2.24, 2.45) is 0 Å². The number of piperidine rings is 1. The highest BCUT2D eigenvalue weighted by Crippen LogP contribution is 2.23. The maximum absolute atomic E-state index is 12.4. The van der Waals surface area contributed by atoms with Crippen LogP contribution in [0.5, 0.6) is 0 Å². The number of nitrogens with one attached hydrogen (secondary N) is 1. The normalized spacial score (nSPS) is 27.9. The molecule has 2 atom stereocenters. The van der Waals surface area contributed by atoms with E-state index in [0.29, 0.717) is 0 Å². The van der Waals surface area contributed by atoms with Gasteiger partial charge in [-0.1, -0.05) is 13.3 Å². The van der Waals surface area contributed by atoms with E-state index in [-0.39, 0.29) is 35.3 Å². The van der Waals surface area contributed by atoms with Crippen LogP contribution in [0.25, 0.3) is 0 Å². The van der Waals surface area contributed by atoms with Crippen LogP contribution in [0.15, 0.2) is 16.5 Å². The Kier molecular flexibility index (Phi) is 4.77. The third-order valence-electron chi connectivity index (χ3n) is 4.73. The molecule has 2 fully saturated rings. The van der Waals surface area contributed by atoms with Crippen molar-refractivity contribution in [3.8, 4) is 0 Å². The first-order valence-electron chi connectivity index (χ1n) is 8.32. The molecule has 0 aromatic carbocycles. The van der Waals surface area contributed by atoms with Gasteiger partial charge in [0.2, 0.25) is 0 Å². The van der Waals surface area contributed by atoms with Crippen LogP contribution in [-0.2, 0) is 16.3 Å². The first kappa shape index (κ1) is 16.5. The van der Waals surface area contributed by atoms with Crippen molar-refractivity contribution >= 4 is 15.7 Å². The molecule has 0 aliphatic carbocycles. The highest BCUT2D eigenvalue weighted by atomic mass is 32.2. The number of likely N-dealkylation sites (tertiary alicyclic amines) is 1. The number of amides is 1. The van der Waals surface area contributed by atoms with Crippen LogP contribution < -0.4 is 5.32 Å². The van der Waals surface area contributed by atoms with E-state index in [0.717, 1.165) is 38.1 Å². The fraction of sp³-hybridized carbons (Fsp3) is 0.688. The predicted molar refractivity (Wildman–Crippen MR) is 87.2 cm³/mol. The number of hydrogen-bond acceptors (Lipinski definition) is 5. The van der Waals surface area contributed by atoms with E-state index in [2.05, 4.69) is 10.2 Å². The Morgan fingerprint density at radius 1 is 1.26 bits per heavy atom. The number of carbonyl (C=O) groups is 1. The van der Waals surface area contributed by atoms with Crippen LogP contribution in [0.3, 0.4) is 0 Å². The van der Waals surface area contributed by atoms with Crippen LogP contribution in [0.1, 0.15) is 42.5 Å². The number of aryl methyl sites for hydroxylation is 1. The SMILES string of the molecule is CCc1ccc(C(=O)N[C@@H]2CS(=O)(=O)C[C@@H]2N2CCCCC2)o1. The molecule has 23 heavy (non-hydrogen) atoms. The molecule has 2 aliphatic rings. The van der Waals surface area contributed by atoms with Crippen LogP contribution in [0.2, 0.25) is 0 Å². The monoisotopic (exact) mass is 340 g/mol. The lowest BCUT2D eigenvalue weighted by Gasteiger charge is -2.34. The molecule has 2 saturated heterocycles. The van der Waals surface area contributed by atoms with Gasteiger partial charge in [0.15, 0.2) is 15.6 Å². The highest BCUT2D eigenvalue weighted by Gasteiger charge is 2.42. The Hall–Kier alpha value is -1.34. The molecule has 0 spiro atoms. The Balaban J connectivity index is 1.71. The van der Waals surface area contributed by atoms with Gasteiger partial charge in [-0.25, -0.2) is 8.42 Å². The summed E-state index contributed by atoms with van der Waals surface area (Å²) in [6.07, 6.45) is 4.10. The van der Waals surface area contributed by atoms with Crippen LogP contribution in [-0.4, -0.2) is 55.9 Å². The molecule has 1 N–H and O–H groups in total. The second-order valence-corrected chi connectivity index (χ2v) is 8.59. The van der Waals surface area contributed by atoms with Gasteiger partial charge in [-0.15, -0.1) is 0 Å². The number of nitrogens with zero attached hydrogens (tertiary/aromatic N) is 1. The van der Waals surface area contributed by atoms with Gasteiger partial charge >= 0.3 is 0 Å². The van der Waals surface area contributed by atoms with Gasteiger partial charge in [-0.2, -0.15) is 0 Å². The molecule has 128 valence electrons. The van der Waals surface area contributed by atoms with E-state index < -0.39 is 9.84 Å². The number of carbonyl (C=O) groups excluding carboxylic acids is 1. The Bertz CT molecular complexity index is 661. The lowest BCUT2D eigenvalue weighted by Crippen LogP contribution is -2.52. The summed E-state index contributed by atoms with van der Waals surface area (Å²) in [5.41, 5.74) is 0. The summed E-state index contributed by atoms with van der Waals surface area (Å²) in [5, 5.41) is 2.88. The second kappa shape index (κ2) is 6.65. The lowest BCUT2D eigenvalue weighted by molar-refractivity contribution is 0.0871. The molecule has 0 saturated carbocycles. The van der Waals surface area contributed by atoms with E-state index in [9.17, 15) is 13.2 Å². The molecular weight excluding hydrogens is 316 g/mol. The molecule has 3 rings (SSSR count). The molecule has 6 nitrogen and oxygen atoms in total. The summed E-state index contributed by atoms with van der Waals surface area (Å²) in [5.74, 6) is 0.830. The standard InChI is InChI=1S/C16H24N2O4S/c1-2-12-6-7-15(22-12)16(19)17-13-10-23(20,21)11-14(13)18-8-4-3-5-9-18/h6-7,13-14H,2-5,8-11H2,1H3,(H,17,19)/t13-,14+/m1/s1. The Labute approximate surface area is 137 Å². The van der Waals surface area contributed by atoms with E-state index in [1.165, 1.54) is 6.42 Å². The number of hydrogen-bond donors (Lipinski definition) is 1. The van der Waals surface area contributed by atoms with Crippen LogP contribution >= 0.6 is 0 Å². The average Bonchev–Trinajstić information content (AvgIpc) is 3.12. The molecule has 1 aromatic heterocycles. The van der Waals surface area contributed by atoms with Gasteiger partial charge in [0.1, 0.15) is 5.76 Å². The van der Waals surface area contributed by atoms with Crippen molar-refractivity contribution < 1.29 is 17.6 Å². The van der Waals surface area contributed by atoms with Crippen molar-refractivity contribution in [3.63, 3.8) is 0 Å². The highest BCUT2D eigenvalue weighted by molar-refractivity contribution is 7.91. The molecule has 0 radical (unpaired) electrons. The summed E-state index contributed by atoms with van der Waals surface area (Å²) in [7, 11) is -3.11. The quantitative estimate of drug-likeness (QED) is 0.891. The molecule has 0 unspecified atom stereocenters. The molecular formula is C16H24N2O4S. The van der Waals surface area contributed by atoms with Crippen LogP contribution in [0.4, 0.5) is 0 Å². The van der Waals surface area contributed by atoms with Crippen LogP contribution in [0, 0.1) is 0 Å². The van der Waals surface area contributed by atoms with Crippen molar-refractivity contribution in [3.05, 3.63) is 23.7 Å². The zero-order chi connectivity index (χ0) is 16.4. The molecule has 7 heteroatoms. The molecule has 3 heterocycles. The fourth-order valence-electron chi connectivity index (χ4n) is 3.51. The topological polar surface area (TPSA) is 79.6 Å². The third kappa shape index (κ3) is 3.77. The first-order chi connectivity index (χ1) is 11.0. The summed E-state index contributed by atoms with van der Waals surface area (Å²) < 4.78 is 29.6. The summed E-state index contributed by atoms with van der Waals surface area (Å²) in [4.78, 5) is 14.6. The maximum atomic E-state index is 12.4. The van der Waals surface area contributed by atoms with Crippen molar-refractivity contribution in [2.75, 3.05) is 24.6 Å². The van der Waals surface area contributed by atoms with Gasteiger partial charge in [-0.3, -0.25) is 9.69 Å². The van der Waals surface area contributed by atoms with E-state index in [1.54, 1.807) is 12.1 Å². The molecule has 1 amide bonds.